The summed E-state index contributed by atoms with van der Waals surface area (Å²) in [5.74, 6) is -0.0178. The lowest BCUT2D eigenvalue weighted by molar-refractivity contribution is 0.0665. The molecular formula is C16H22N4O3. The molecule has 0 bridgehead atoms. The Morgan fingerprint density at radius 3 is 2.35 bits per heavy atom. The van der Waals surface area contributed by atoms with Crippen LogP contribution in [0.3, 0.4) is 0 Å². The average molecular weight is 318 g/mol. The van der Waals surface area contributed by atoms with E-state index < -0.39 is 0 Å². The predicted octanol–water partition coefficient (Wildman–Crippen LogP) is 1.15. The van der Waals surface area contributed by atoms with Crippen LogP contribution in [0.4, 0.5) is 4.79 Å². The molecule has 7 heteroatoms. The van der Waals surface area contributed by atoms with Crippen molar-refractivity contribution in [3.05, 3.63) is 35.4 Å². The third-order valence-electron chi connectivity index (χ3n) is 3.65. The first kappa shape index (κ1) is 16.8. The Morgan fingerprint density at radius 2 is 1.78 bits per heavy atom. The van der Waals surface area contributed by atoms with Crippen molar-refractivity contribution in [1.82, 2.24) is 15.1 Å². The summed E-state index contributed by atoms with van der Waals surface area (Å²) in [7, 11) is 1.48. The van der Waals surface area contributed by atoms with Crippen molar-refractivity contribution in [2.75, 3.05) is 39.8 Å². The van der Waals surface area contributed by atoms with Gasteiger partial charge in [0.25, 0.3) is 5.91 Å². The minimum Gasteiger partial charge on any atom is -0.399 e. The SMILES string of the molecule is CCNC(=O)N1CCN(C(=O)c2ccc(/C=N/OC)cc2)CC1. The molecule has 3 amide bonds. The molecule has 1 N–H and O–H groups in total. The number of oxime groups is 1. The van der Waals surface area contributed by atoms with Gasteiger partial charge in [-0.2, -0.15) is 0 Å². The van der Waals surface area contributed by atoms with Gasteiger partial charge in [0.05, 0.1) is 6.21 Å². The van der Waals surface area contributed by atoms with Crippen LogP contribution in [0.1, 0.15) is 22.8 Å². The maximum atomic E-state index is 12.5. The smallest absolute Gasteiger partial charge is 0.317 e. The molecule has 1 aliphatic rings. The molecule has 0 spiro atoms. The highest BCUT2D eigenvalue weighted by molar-refractivity contribution is 5.95. The Balaban J connectivity index is 1.92. The molecule has 1 heterocycles. The van der Waals surface area contributed by atoms with E-state index in [-0.39, 0.29) is 11.9 Å². The highest BCUT2D eigenvalue weighted by atomic mass is 16.6. The van der Waals surface area contributed by atoms with Crippen molar-refractivity contribution < 1.29 is 14.4 Å². The first-order chi connectivity index (χ1) is 11.2. The van der Waals surface area contributed by atoms with E-state index >= 15 is 0 Å². The molecule has 1 aliphatic heterocycles. The van der Waals surface area contributed by atoms with E-state index in [1.807, 2.05) is 19.1 Å². The number of benzene rings is 1. The van der Waals surface area contributed by atoms with Crippen molar-refractivity contribution >= 4 is 18.2 Å². The van der Waals surface area contributed by atoms with Crippen LogP contribution in [0.15, 0.2) is 29.4 Å². The Morgan fingerprint density at radius 1 is 1.17 bits per heavy atom. The monoisotopic (exact) mass is 318 g/mol. The number of piperazine rings is 1. The quantitative estimate of drug-likeness (QED) is 0.668. The summed E-state index contributed by atoms with van der Waals surface area (Å²) in [6.45, 7) is 4.69. The molecule has 2 rings (SSSR count). The molecule has 0 aromatic heterocycles. The molecule has 0 atom stereocenters. The first-order valence-electron chi connectivity index (χ1n) is 7.64. The molecular weight excluding hydrogens is 296 g/mol. The number of rotatable bonds is 4. The van der Waals surface area contributed by atoms with Crippen LogP contribution >= 0.6 is 0 Å². The molecule has 124 valence electrons. The number of amides is 3. The Bertz CT molecular complexity index is 563. The van der Waals surface area contributed by atoms with Crippen LogP contribution in [0.2, 0.25) is 0 Å². The summed E-state index contributed by atoms with van der Waals surface area (Å²) in [6.07, 6.45) is 1.58. The second-order valence-electron chi connectivity index (χ2n) is 5.15. The predicted molar refractivity (Wildman–Crippen MR) is 87.6 cm³/mol. The van der Waals surface area contributed by atoms with Crippen LogP contribution < -0.4 is 5.32 Å². The van der Waals surface area contributed by atoms with E-state index in [4.69, 9.17) is 0 Å². The van der Waals surface area contributed by atoms with Gasteiger partial charge in [-0.3, -0.25) is 4.79 Å². The lowest BCUT2D eigenvalue weighted by Gasteiger charge is -2.34. The maximum Gasteiger partial charge on any atom is 0.317 e. The van der Waals surface area contributed by atoms with Gasteiger partial charge in [0.2, 0.25) is 0 Å². The summed E-state index contributed by atoms with van der Waals surface area (Å²) in [5.41, 5.74) is 1.50. The van der Waals surface area contributed by atoms with Gasteiger partial charge in [0.15, 0.2) is 0 Å². The number of urea groups is 1. The summed E-state index contributed by atoms with van der Waals surface area (Å²) in [6, 6.07) is 7.12. The fourth-order valence-corrected chi connectivity index (χ4v) is 2.38. The fraction of sp³-hybridized carbons (Fsp3) is 0.438. The Hall–Kier alpha value is -2.57. The molecule has 1 aromatic carbocycles. The number of carbonyl (C=O) groups is 2. The van der Waals surface area contributed by atoms with Gasteiger partial charge in [0.1, 0.15) is 7.11 Å². The van der Waals surface area contributed by atoms with E-state index in [1.54, 1.807) is 28.1 Å². The van der Waals surface area contributed by atoms with Gasteiger partial charge in [-0.25, -0.2) is 4.79 Å². The first-order valence-corrected chi connectivity index (χ1v) is 7.64. The lowest BCUT2D eigenvalue weighted by Crippen LogP contribution is -2.53. The fourth-order valence-electron chi connectivity index (χ4n) is 2.38. The van der Waals surface area contributed by atoms with E-state index in [1.165, 1.54) is 7.11 Å². The minimum absolute atomic E-state index is 0.0178. The van der Waals surface area contributed by atoms with Gasteiger partial charge in [-0.1, -0.05) is 17.3 Å². The van der Waals surface area contributed by atoms with E-state index in [0.717, 1.165) is 5.56 Å². The second kappa shape index (κ2) is 8.17. The van der Waals surface area contributed by atoms with Gasteiger partial charge in [-0.05, 0) is 24.6 Å². The second-order valence-corrected chi connectivity index (χ2v) is 5.15. The molecule has 1 fully saturated rings. The van der Waals surface area contributed by atoms with Gasteiger partial charge in [0, 0.05) is 38.3 Å². The van der Waals surface area contributed by atoms with Crippen molar-refractivity contribution in [1.29, 1.82) is 0 Å². The number of hydrogen-bond acceptors (Lipinski definition) is 4. The molecule has 0 radical (unpaired) electrons. The highest BCUT2D eigenvalue weighted by Crippen LogP contribution is 2.10. The third kappa shape index (κ3) is 4.45. The highest BCUT2D eigenvalue weighted by Gasteiger charge is 2.24. The zero-order valence-corrected chi connectivity index (χ0v) is 13.5. The van der Waals surface area contributed by atoms with Crippen molar-refractivity contribution in [3.63, 3.8) is 0 Å². The minimum atomic E-state index is -0.0682. The topological polar surface area (TPSA) is 74.2 Å². The average Bonchev–Trinajstić information content (AvgIpc) is 2.60. The number of carbonyl (C=O) groups excluding carboxylic acids is 2. The van der Waals surface area contributed by atoms with E-state index in [2.05, 4.69) is 15.3 Å². The van der Waals surface area contributed by atoms with Crippen LogP contribution in [0.5, 0.6) is 0 Å². The zero-order chi connectivity index (χ0) is 16.7. The van der Waals surface area contributed by atoms with Crippen LogP contribution in [-0.4, -0.2) is 67.8 Å². The van der Waals surface area contributed by atoms with Crippen molar-refractivity contribution in [3.8, 4) is 0 Å². The summed E-state index contributed by atoms with van der Waals surface area (Å²) in [5, 5.41) is 6.46. The Labute approximate surface area is 135 Å². The van der Waals surface area contributed by atoms with Crippen LogP contribution in [0, 0.1) is 0 Å². The van der Waals surface area contributed by atoms with Crippen molar-refractivity contribution in [2.24, 2.45) is 5.16 Å². The van der Waals surface area contributed by atoms with E-state index in [0.29, 0.717) is 38.3 Å². The normalized spacial score (nSPS) is 14.9. The molecule has 7 nitrogen and oxygen atoms in total. The molecule has 0 saturated carbocycles. The Kier molecular flexibility index (Phi) is 5.96. The largest absolute Gasteiger partial charge is 0.399 e. The maximum absolute atomic E-state index is 12.5. The lowest BCUT2D eigenvalue weighted by atomic mass is 10.1. The molecule has 0 unspecified atom stereocenters. The van der Waals surface area contributed by atoms with Crippen LogP contribution in [-0.2, 0) is 4.84 Å². The number of nitrogens with one attached hydrogen (secondary N) is 1. The zero-order valence-electron chi connectivity index (χ0n) is 13.5. The summed E-state index contributed by atoms with van der Waals surface area (Å²) >= 11 is 0. The van der Waals surface area contributed by atoms with Gasteiger partial charge < -0.3 is 20.0 Å². The molecule has 1 saturated heterocycles. The number of hydrogen-bond donors (Lipinski definition) is 1. The van der Waals surface area contributed by atoms with E-state index in [9.17, 15) is 9.59 Å². The summed E-state index contributed by atoms with van der Waals surface area (Å²) < 4.78 is 0. The number of nitrogens with zero attached hydrogens (tertiary/aromatic N) is 3. The van der Waals surface area contributed by atoms with Crippen molar-refractivity contribution in [2.45, 2.75) is 6.92 Å². The summed E-state index contributed by atoms with van der Waals surface area (Å²) in [4.78, 5) is 32.4. The standard InChI is InChI=1S/C16H22N4O3/c1-3-17-16(22)20-10-8-19(9-11-20)15(21)14-6-4-13(5-7-14)12-18-23-2/h4-7,12H,3,8-11H2,1-2H3,(H,17,22)/b18-12+. The van der Waals surface area contributed by atoms with Gasteiger partial charge >= 0.3 is 6.03 Å². The third-order valence-corrected chi connectivity index (χ3v) is 3.65. The molecule has 1 aromatic rings. The molecule has 0 aliphatic carbocycles. The van der Waals surface area contributed by atoms with Crippen LogP contribution in [0.25, 0.3) is 0 Å². The molecule has 23 heavy (non-hydrogen) atoms. The van der Waals surface area contributed by atoms with Gasteiger partial charge in [-0.15, -0.1) is 0 Å².